The summed E-state index contributed by atoms with van der Waals surface area (Å²) in [6.07, 6.45) is 0.487. The molecule has 3 N–H and O–H groups in total. The molecule has 1 aromatic carbocycles. The highest BCUT2D eigenvalue weighted by Crippen LogP contribution is 2.23. The van der Waals surface area contributed by atoms with Crippen molar-refractivity contribution in [2.75, 3.05) is 31.3 Å². The Labute approximate surface area is 96.4 Å². The molecule has 0 aliphatic heterocycles. The SMILES string of the molecule is CNC(=O)CCN(C)c1cccc(N)c1C. The van der Waals surface area contributed by atoms with E-state index < -0.39 is 0 Å². The molecule has 0 fully saturated rings. The Bertz CT molecular complexity index is 377. The van der Waals surface area contributed by atoms with E-state index in [9.17, 15) is 4.79 Å². The lowest BCUT2D eigenvalue weighted by molar-refractivity contribution is -0.120. The molecule has 0 aliphatic rings. The van der Waals surface area contributed by atoms with Crippen molar-refractivity contribution in [2.24, 2.45) is 0 Å². The highest BCUT2D eigenvalue weighted by atomic mass is 16.1. The van der Waals surface area contributed by atoms with Gasteiger partial charge in [-0.15, -0.1) is 0 Å². The third-order valence-corrected chi connectivity index (χ3v) is 2.71. The fourth-order valence-corrected chi connectivity index (χ4v) is 1.57. The number of carbonyl (C=O) groups is 1. The summed E-state index contributed by atoms with van der Waals surface area (Å²) < 4.78 is 0. The van der Waals surface area contributed by atoms with Crippen molar-refractivity contribution in [3.63, 3.8) is 0 Å². The Morgan fingerprint density at radius 2 is 2.19 bits per heavy atom. The zero-order valence-corrected chi connectivity index (χ0v) is 10.1. The van der Waals surface area contributed by atoms with Crippen LogP contribution < -0.4 is 16.0 Å². The number of hydrogen-bond donors (Lipinski definition) is 2. The van der Waals surface area contributed by atoms with E-state index in [0.29, 0.717) is 13.0 Å². The second kappa shape index (κ2) is 5.39. The largest absolute Gasteiger partial charge is 0.398 e. The number of benzene rings is 1. The third-order valence-electron chi connectivity index (χ3n) is 2.71. The fourth-order valence-electron chi connectivity index (χ4n) is 1.57. The summed E-state index contributed by atoms with van der Waals surface area (Å²) in [7, 11) is 3.61. The maximum Gasteiger partial charge on any atom is 0.221 e. The van der Waals surface area contributed by atoms with Gasteiger partial charge >= 0.3 is 0 Å². The van der Waals surface area contributed by atoms with Crippen LogP contribution >= 0.6 is 0 Å². The first kappa shape index (κ1) is 12.4. The van der Waals surface area contributed by atoms with Crippen LogP contribution in [0.3, 0.4) is 0 Å². The molecule has 88 valence electrons. The fraction of sp³-hybridized carbons (Fsp3) is 0.417. The van der Waals surface area contributed by atoms with Crippen LogP contribution in [0.4, 0.5) is 11.4 Å². The van der Waals surface area contributed by atoms with E-state index >= 15 is 0 Å². The second-order valence-corrected chi connectivity index (χ2v) is 3.84. The van der Waals surface area contributed by atoms with Crippen molar-refractivity contribution in [1.82, 2.24) is 5.32 Å². The predicted octanol–water partition coefficient (Wildman–Crippen LogP) is 1.15. The van der Waals surface area contributed by atoms with E-state index in [0.717, 1.165) is 16.9 Å². The van der Waals surface area contributed by atoms with Crippen LogP contribution in [0.1, 0.15) is 12.0 Å². The van der Waals surface area contributed by atoms with Crippen molar-refractivity contribution in [3.05, 3.63) is 23.8 Å². The van der Waals surface area contributed by atoms with Crippen LogP contribution in [0.25, 0.3) is 0 Å². The first-order valence-electron chi connectivity index (χ1n) is 5.33. The molecule has 0 unspecified atom stereocenters. The molecule has 4 nitrogen and oxygen atoms in total. The minimum Gasteiger partial charge on any atom is -0.398 e. The van der Waals surface area contributed by atoms with E-state index in [1.807, 2.05) is 37.1 Å². The number of amides is 1. The minimum absolute atomic E-state index is 0.0495. The van der Waals surface area contributed by atoms with Crippen LogP contribution in [0, 0.1) is 6.92 Å². The average molecular weight is 221 g/mol. The predicted molar refractivity (Wildman–Crippen MR) is 67.5 cm³/mol. The molecule has 1 aromatic rings. The number of carbonyl (C=O) groups excluding carboxylic acids is 1. The van der Waals surface area contributed by atoms with E-state index in [-0.39, 0.29) is 5.91 Å². The van der Waals surface area contributed by atoms with E-state index in [4.69, 9.17) is 5.73 Å². The number of nitrogens with one attached hydrogen (secondary N) is 1. The topological polar surface area (TPSA) is 58.4 Å². The molecule has 0 heterocycles. The van der Waals surface area contributed by atoms with Crippen molar-refractivity contribution >= 4 is 17.3 Å². The standard InChI is InChI=1S/C12H19N3O/c1-9-10(13)5-4-6-11(9)15(3)8-7-12(16)14-2/h4-6H,7-8,13H2,1-3H3,(H,14,16). The van der Waals surface area contributed by atoms with Crippen LogP contribution in [-0.2, 0) is 4.79 Å². The zero-order valence-electron chi connectivity index (χ0n) is 10.1. The Morgan fingerprint density at radius 1 is 1.50 bits per heavy atom. The molecule has 16 heavy (non-hydrogen) atoms. The molecule has 0 saturated heterocycles. The van der Waals surface area contributed by atoms with Gasteiger partial charge in [0.05, 0.1) is 0 Å². The van der Waals surface area contributed by atoms with E-state index in [1.165, 1.54) is 0 Å². The lowest BCUT2D eigenvalue weighted by atomic mass is 10.1. The van der Waals surface area contributed by atoms with Gasteiger partial charge in [-0.3, -0.25) is 4.79 Å². The van der Waals surface area contributed by atoms with Crippen molar-refractivity contribution in [2.45, 2.75) is 13.3 Å². The second-order valence-electron chi connectivity index (χ2n) is 3.84. The van der Waals surface area contributed by atoms with Crippen LogP contribution in [0.5, 0.6) is 0 Å². The smallest absolute Gasteiger partial charge is 0.221 e. The van der Waals surface area contributed by atoms with Gasteiger partial charge in [-0.25, -0.2) is 0 Å². The van der Waals surface area contributed by atoms with Gasteiger partial charge < -0.3 is 16.0 Å². The number of hydrogen-bond acceptors (Lipinski definition) is 3. The van der Waals surface area contributed by atoms with Crippen LogP contribution in [0.15, 0.2) is 18.2 Å². The summed E-state index contributed by atoms with van der Waals surface area (Å²) in [4.78, 5) is 13.2. The molecule has 0 aliphatic carbocycles. The number of nitrogen functional groups attached to an aromatic ring is 1. The number of rotatable bonds is 4. The monoisotopic (exact) mass is 221 g/mol. The zero-order chi connectivity index (χ0) is 12.1. The summed E-state index contributed by atoms with van der Waals surface area (Å²) in [5.74, 6) is 0.0495. The lowest BCUT2D eigenvalue weighted by Crippen LogP contribution is -2.26. The van der Waals surface area contributed by atoms with Gasteiger partial charge in [0.1, 0.15) is 0 Å². The Balaban J connectivity index is 2.69. The van der Waals surface area contributed by atoms with E-state index in [1.54, 1.807) is 7.05 Å². The van der Waals surface area contributed by atoms with Gasteiger partial charge in [0, 0.05) is 38.4 Å². The molecule has 0 spiro atoms. The maximum atomic E-state index is 11.1. The lowest BCUT2D eigenvalue weighted by Gasteiger charge is -2.21. The van der Waals surface area contributed by atoms with Gasteiger partial charge in [-0.2, -0.15) is 0 Å². The highest BCUT2D eigenvalue weighted by molar-refractivity contribution is 5.76. The van der Waals surface area contributed by atoms with Gasteiger partial charge in [0.25, 0.3) is 0 Å². The molecule has 0 radical (unpaired) electrons. The normalized spacial score (nSPS) is 9.94. The molecule has 4 heteroatoms. The number of nitrogens with zero attached hydrogens (tertiary/aromatic N) is 1. The first-order chi connectivity index (χ1) is 7.56. The van der Waals surface area contributed by atoms with E-state index in [2.05, 4.69) is 5.32 Å². The van der Waals surface area contributed by atoms with Crippen molar-refractivity contribution < 1.29 is 4.79 Å². The van der Waals surface area contributed by atoms with Crippen LogP contribution in [-0.4, -0.2) is 26.5 Å². The van der Waals surface area contributed by atoms with Gasteiger partial charge in [0.15, 0.2) is 0 Å². The summed E-state index contributed by atoms with van der Waals surface area (Å²) >= 11 is 0. The first-order valence-corrected chi connectivity index (χ1v) is 5.33. The number of anilines is 2. The summed E-state index contributed by atoms with van der Waals surface area (Å²) in [6, 6.07) is 5.81. The van der Waals surface area contributed by atoms with Gasteiger partial charge in [0.2, 0.25) is 5.91 Å². The summed E-state index contributed by atoms with van der Waals surface area (Å²) in [5, 5.41) is 2.61. The van der Waals surface area contributed by atoms with Crippen LogP contribution in [0.2, 0.25) is 0 Å². The molecule has 0 saturated carbocycles. The third kappa shape index (κ3) is 2.89. The Hall–Kier alpha value is -1.71. The molecule has 0 aromatic heterocycles. The molecule has 0 bridgehead atoms. The maximum absolute atomic E-state index is 11.1. The number of nitrogens with two attached hydrogens (primary N) is 1. The molecule has 0 atom stereocenters. The Kier molecular flexibility index (Phi) is 4.17. The molecular weight excluding hydrogens is 202 g/mol. The molecule has 1 rings (SSSR count). The minimum atomic E-state index is 0.0495. The van der Waals surface area contributed by atoms with Crippen molar-refractivity contribution in [1.29, 1.82) is 0 Å². The Morgan fingerprint density at radius 3 is 2.81 bits per heavy atom. The van der Waals surface area contributed by atoms with Crippen molar-refractivity contribution in [3.8, 4) is 0 Å². The molecular formula is C12H19N3O. The van der Waals surface area contributed by atoms with Gasteiger partial charge in [-0.05, 0) is 24.6 Å². The molecule has 1 amide bonds. The average Bonchev–Trinajstić information content (AvgIpc) is 2.29. The van der Waals surface area contributed by atoms with Gasteiger partial charge in [-0.1, -0.05) is 6.07 Å². The highest BCUT2D eigenvalue weighted by Gasteiger charge is 2.07. The summed E-state index contributed by atoms with van der Waals surface area (Å²) in [6.45, 7) is 2.67. The summed E-state index contributed by atoms with van der Waals surface area (Å²) in [5.41, 5.74) is 8.75. The quantitative estimate of drug-likeness (QED) is 0.750.